The third kappa shape index (κ3) is 2.10. The predicted molar refractivity (Wildman–Crippen MR) is 45.7 cm³/mol. The van der Waals surface area contributed by atoms with Gasteiger partial charge in [0.15, 0.2) is 0 Å². The molecule has 1 atom stereocenters. The number of allylic oxidation sites excluding steroid dienone is 3. The summed E-state index contributed by atoms with van der Waals surface area (Å²) < 4.78 is 12.9. The minimum atomic E-state index is -0.106. The number of rotatable bonds is 0. The van der Waals surface area contributed by atoms with E-state index >= 15 is 0 Å². The van der Waals surface area contributed by atoms with Gasteiger partial charge in [-0.25, -0.2) is 5.12 Å². The van der Waals surface area contributed by atoms with E-state index in [-0.39, 0.29) is 14.5 Å². The van der Waals surface area contributed by atoms with Crippen LogP contribution in [0.5, 0.6) is 0 Å². The van der Waals surface area contributed by atoms with Gasteiger partial charge in [0.25, 0.3) is 0 Å². The first-order chi connectivity index (χ1) is 4.61. The molecule has 0 bridgehead atoms. The summed E-state index contributed by atoms with van der Waals surface area (Å²) in [5, 5.41) is 0.771. The summed E-state index contributed by atoms with van der Waals surface area (Å²) in [5.41, 5.74) is 1.83. The summed E-state index contributed by atoms with van der Waals surface area (Å²) in [6.07, 6.45) is 3.73. The second kappa shape index (κ2) is 3.60. The lowest BCUT2D eigenvalue weighted by Crippen LogP contribution is -2.24. The molecular formula is C8H12BFN. The first-order valence-corrected chi connectivity index (χ1v) is 3.43. The van der Waals surface area contributed by atoms with Crippen molar-refractivity contribution < 1.29 is 4.48 Å². The Morgan fingerprint density at radius 3 is 2.45 bits per heavy atom. The van der Waals surface area contributed by atoms with Gasteiger partial charge in [0.05, 0.1) is 6.04 Å². The van der Waals surface area contributed by atoms with E-state index in [1.807, 2.05) is 26.0 Å². The van der Waals surface area contributed by atoms with Crippen molar-refractivity contribution in [2.24, 2.45) is 0 Å². The van der Waals surface area contributed by atoms with Gasteiger partial charge in [0.2, 0.25) is 0 Å². The van der Waals surface area contributed by atoms with E-state index in [1.165, 1.54) is 0 Å². The minimum absolute atomic E-state index is 0. The van der Waals surface area contributed by atoms with Crippen LogP contribution < -0.4 is 0 Å². The highest BCUT2D eigenvalue weighted by molar-refractivity contribution is 5.75. The summed E-state index contributed by atoms with van der Waals surface area (Å²) >= 11 is 0. The van der Waals surface area contributed by atoms with Crippen LogP contribution in [0, 0.1) is 0 Å². The van der Waals surface area contributed by atoms with Crippen molar-refractivity contribution in [1.29, 1.82) is 0 Å². The van der Waals surface area contributed by atoms with Crippen LogP contribution in [0.25, 0.3) is 0 Å². The first kappa shape index (κ1) is 10.3. The van der Waals surface area contributed by atoms with Crippen molar-refractivity contribution in [3.8, 4) is 0 Å². The van der Waals surface area contributed by atoms with Crippen LogP contribution in [-0.2, 0) is 0 Å². The Hall–Kier alpha value is -0.725. The first-order valence-electron chi connectivity index (χ1n) is 3.43. The molecule has 1 nitrogen and oxygen atoms in total. The van der Waals surface area contributed by atoms with Crippen LogP contribution in [0.2, 0.25) is 0 Å². The zero-order chi connectivity index (χ0) is 7.72. The molecule has 1 heterocycles. The summed E-state index contributed by atoms with van der Waals surface area (Å²) in [5.74, 6) is 0. The topological polar surface area (TPSA) is 3.24 Å². The monoisotopic (exact) mass is 152 g/mol. The molecule has 1 unspecified atom stereocenters. The maximum atomic E-state index is 12.9. The Bertz CT molecular complexity index is 198. The number of halogens is 1. The van der Waals surface area contributed by atoms with E-state index < -0.39 is 0 Å². The van der Waals surface area contributed by atoms with Gasteiger partial charge in [-0.05, 0) is 26.8 Å². The standard InChI is InChI=1S/C8H12FN.B/c1-6-4-7(2)10(9)8(3)5-6;/h4-5,7H,1-3H3;. The van der Waals surface area contributed by atoms with Crippen LogP contribution in [0.3, 0.4) is 0 Å². The molecule has 11 heavy (non-hydrogen) atoms. The van der Waals surface area contributed by atoms with Gasteiger partial charge in [0.1, 0.15) is 0 Å². The van der Waals surface area contributed by atoms with Crippen molar-refractivity contribution in [2.45, 2.75) is 26.8 Å². The normalized spacial score (nSPS) is 23.6. The van der Waals surface area contributed by atoms with Crippen molar-refractivity contribution in [2.75, 3.05) is 0 Å². The van der Waals surface area contributed by atoms with E-state index in [9.17, 15) is 4.48 Å². The zero-order valence-corrected chi connectivity index (χ0v) is 7.13. The smallest absolute Gasteiger partial charge is 0.0769 e. The molecule has 0 saturated heterocycles. The molecule has 0 aromatic carbocycles. The summed E-state index contributed by atoms with van der Waals surface area (Å²) in [6, 6.07) is -0.106. The lowest BCUT2D eigenvalue weighted by atomic mass is 10.1. The number of hydrogen-bond donors (Lipinski definition) is 0. The van der Waals surface area contributed by atoms with E-state index in [2.05, 4.69) is 0 Å². The maximum absolute atomic E-state index is 12.9. The number of nitrogens with zero attached hydrogens (tertiary/aromatic N) is 1. The Balaban J connectivity index is 0.000001000. The lowest BCUT2D eigenvalue weighted by Gasteiger charge is -2.23. The Kier molecular flexibility index (Phi) is 3.37. The Morgan fingerprint density at radius 1 is 1.45 bits per heavy atom. The van der Waals surface area contributed by atoms with Crippen LogP contribution in [-0.4, -0.2) is 19.6 Å². The molecule has 0 fully saturated rings. The second-order valence-electron chi connectivity index (χ2n) is 2.75. The molecule has 0 saturated carbocycles. The maximum Gasteiger partial charge on any atom is 0.0769 e. The molecule has 0 aromatic heterocycles. The summed E-state index contributed by atoms with van der Waals surface area (Å²) in [4.78, 5) is 0. The highest BCUT2D eigenvalue weighted by atomic mass is 19.2. The fraction of sp³-hybridized carbons (Fsp3) is 0.500. The molecule has 1 aliphatic heterocycles. The van der Waals surface area contributed by atoms with Crippen LogP contribution in [0.4, 0.5) is 4.48 Å². The average molecular weight is 152 g/mol. The van der Waals surface area contributed by atoms with Gasteiger partial charge in [-0.2, -0.15) is 0 Å². The Morgan fingerprint density at radius 2 is 2.00 bits per heavy atom. The molecule has 0 spiro atoms. The molecule has 0 aliphatic carbocycles. The van der Waals surface area contributed by atoms with Crippen molar-refractivity contribution >= 4 is 8.41 Å². The van der Waals surface area contributed by atoms with Gasteiger partial charge in [0, 0.05) is 14.1 Å². The molecule has 1 aliphatic rings. The van der Waals surface area contributed by atoms with Gasteiger partial charge < -0.3 is 0 Å². The summed E-state index contributed by atoms with van der Waals surface area (Å²) in [6.45, 7) is 5.58. The zero-order valence-electron chi connectivity index (χ0n) is 7.13. The van der Waals surface area contributed by atoms with Crippen molar-refractivity contribution in [3.63, 3.8) is 0 Å². The van der Waals surface area contributed by atoms with E-state index in [0.29, 0.717) is 5.70 Å². The molecule has 0 amide bonds. The number of hydrogen-bond acceptors (Lipinski definition) is 1. The molecule has 0 N–H and O–H groups in total. The third-order valence-electron chi connectivity index (χ3n) is 1.64. The molecule has 3 radical (unpaired) electrons. The van der Waals surface area contributed by atoms with E-state index in [0.717, 1.165) is 10.7 Å². The van der Waals surface area contributed by atoms with Gasteiger partial charge in [-0.15, -0.1) is 0 Å². The fourth-order valence-electron chi connectivity index (χ4n) is 1.21. The summed E-state index contributed by atoms with van der Waals surface area (Å²) in [7, 11) is 0. The fourth-order valence-corrected chi connectivity index (χ4v) is 1.21. The molecule has 3 heteroatoms. The van der Waals surface area contributed by atoms with Crippen molar-refractivity contribution in [1.82, 2.24) is 5.12 Å². The van der Waals surface area contributed by atoms with Crippen LogP contribution >= 0.6 is 0 Å². The molecule has 0 aromatic rings. The SMILES string of the molecule is CC1=CC(C)N(F)C(C)=C1.[B]. The lowest BCUT2D eigenvalue weighted by molar-refractivity contribution is 0.0444. The third-order valence-corrected chi connectivity index (χ3v) is 1.64. The van der Waals surface area contributed by atoms with Gasteiger partial charge in [-0.1, -0.05) is 16.1 Å². The highest BCUT2D eigenvalue weighted by Gasteiger charge is 2.14. The van der Waals surface area contributed by atoms with E-state index in [4.69, 9.17) is 0 Å². The largest absolute Gasteiger partial charge is 0.210 e. The quantitative estimate of drug-likeness (QED) is 0.379. The van der Waals surface area contributed by atoms with Crippen LogP contribution in [0.1, 0.15) is 20.8 Å². The molecule has 59 valence electrons. The molecular weight excluding hydrogens is 140 g/mol. The minimum Gasteiger partial charge on any atom is -0.210 e. The second-order valence-corrected chi connectivity index (χ2v) is 2.75. The van der Waals surface area contributed by atoms with Crippen LogP contribution in [0.15, 0.2) is 23.4 Å². The Labute approximate surface area is 69.1 Å². The highest BCUT2D eigenvalue weighted by Crippen LogP contribution is 2.19. The predicted octanol–water partition coefficient (Wildman–Crippen LogP) is 2.04. The van der Waals surface area contributed by atoms with Crippen molar-refractivity contribution in [3.05, 3.63) is 23.4 Å². The van der Waals surface area contributed by atoms with Gasteiger partial charge >= 0.3 is 0 Å². The molecule has 1 rings (SSSR count). The average Bonchev–Trinajstić information content (AvgIpc) is 1.82. The van der Waals surface area contributed by atoms with Gasteiger partial charge in [-0.3, -0.25) is 0 Å². The van der Waals surface area contributed by atoms with E-state index in [1.54, 1.807) is 6.92 Å².